The molecule has 0 saturated carbocycles. The zero-order valence-electron chi connectivity index (χ0n) is 10.5. The first-order valence-electron chi connectivity index (χ1n) is 5.55. The van der Waals surface area contributed by atoms with Crippen LogP contribution in [0.1, 0.15) is 6.92 Å². The second-order valence-electron chi connectivity index (χ2n) is 3.46. The van der Waals surface area contributed by atoms with Crippen molar-refractivity contribution in [1.82, 2.24) is 0 Å². The van der Waals surface area contributed by atoms with Gasteiger partial charge < -0.3 is 9.47 Å². The third-order valence-corrected chi connectivity index (χ3v) is 2.62. The Bertz CT molecular complexity index is 522. The van der Waals surface area contributed by atoms with Crippen LogP contribution >= 0.6 is 23.2 Å². The van der Waals surface area contributed by atoms with E-state index in [1.54, 1.807) is 6.92 Å². The number of hydrogen-bond acceptors (Lipinski definition) is 5. The zero-order chi connectivity index (χ0) is 15.1. The largest absolute Gasteiger partial charge is 0.486 e. The quantitative estimate of drug-likeness (QED) is 0.347. The van der Waals surface area contributed by atoms with Gasteiger partial charge in [-0.2, -0.15) is 0 Å². The van der Waals surface area contributed by atoms with Crippen molar-refractivity contribution in [3.8, 4) is 5.75 Å². The number of carbonyl (C=O) groups excluding carboxylic acids is 1. The van der Waals surface area contributed by atoms with E-state index in [1.807, 2.05) is 0 Å². The minimum Gasteiger partial charge on any atom is -0.486 e. The lowest BCUT2D eigenvalue weighted by atomic mass is 10.3. The molecule has 0 atom stereocenters. The van der Waals surface area contributed by atoms with E-state index in [1.165, 1.54) is 12.2 Å². The molecule has 0 radical (unpaired) electrons. The maximum Gasteiger partial charge on any atom is 0.330 e. The molecule has 0 aliphatic heterocycles. The van der Waals surface area contributed by atoms with Crippen LogP contribution in [-0.2, 0) is 9.53 Å². The van der Waals surface area contributed by atoms with Crippen molar-refractivity contribution in [3.63, 3.8) is 0 Å². The van der Waals surface area contributed by atoms with Crippen molar-refractivity contribution in [1.29, 1.82) is 0 Å². The zero-order valence-corrected chi connectivity index (χ0v) is 12.0. The summed E-state index contributed by atoms with van der Waals surface area (Å²) in [6.07, 6.45) is 2.63. The standard InChI is InChI=1S/C12H11Cl2NO5/c1-2-19-11(16)4-3-5-20-12-9(13)6-8(15(17)18)7-10(12)14/h3-4,6-7H,2,5H2,1H3/b4-3+. The fourth-order valence-corrected chi connectivity index (χ4v) is 1.84. The Kier molecular flexibility index (Phi) is 6.27. The van der Waals surface area contributed by atoms with Crippen LogP contribution in [0, 0.1) is 10.1 Å². The fourth-order valence-electron chi connectivity index (χ4n) is 1.26. The van der Waals surface area contributed by atoms with E-state index < -0.39 is 10.9 Å². The second kappa shape index (κ2) is 7.72. The Hall–Kier alpha value is -1.79. The molecule has 1 rings (SSSR count). The van der Waals surface area contributed by atoms with Gasteiger partial charge in [0.2, 0.25) is 0 Å². The van der Waals surface area contributed by atoms with Crippen molar-refractivity contribution in [3.05, 3.63) is 44.4 Å². The van der Waals surface area contributed by atoms with Crippen molar-refractivity contribution >= 4 is 34.9 Å². The van der Waals surface area contributed by atoms with E-state index in [4.69, 9.17) is 27.9 Å². The summed E-state index contributed by atoms with van der Waals surface area (Å²) in [5.74, 6) is -0.371. The first-order valence-corrected chi connectivity index (χ1v) is 6.30. The molecule has 0 bridgehead atoms. The van der Waals surface area contributed by atoms with Crippen LogP contribution in [0.25, 0.3) is 0 Å². The molecule has 0 amide bonds. The molecule has 0 fully saturated rings. The van der Waals surface area contributed by atoms with Crippen LogP contribution in [0.4, 0.5) is 5.69 Å². The lowest BCUT2D eigenvalue weighted by Crippen LogP contribution is -2.01. The number of rotatable bonds is 6. The van der Waals surface area contributed by atoms with Crippen LogP contribution in [0.3, 0.4) is 0 Å². The van der Waals surface area contributed by atoms with E-state index >= 15 is 0 Å². The first kappa shape index (κ1) is 16.3. The van der Waals surface area contributed by atoms with Crippen molar-refractivity contribution in [2.24, 2.45) is 0 Å². The fraction of sp³-hybridized carbons (Fsp3) is 0.250. The molecule has 6 nitrogen and oxygen atoms in total. The number of nitrogens with zero attached hydrogens (tertiary/aromatic N) is 1. The highest BCUT2D eigenvalue weighted by molar-refractivity contribution is 6.37. The van der Waals surface area contributed by atoms with Gasteiger partial charge in [-0.25, -0.2) is 4.79 Å². The van der Waals surface area contributed by atoms with E-state index in [0.29, 0.717) is 0 Å². The van der Waals surface area contributed by atoms with Gasteiger partial charge in [0, 0.05) is 18.2 Å². The molecular weight excluding hydrogens is 309 g/mol. The van der Waals surface area contributed by atoms with Crippen LogP contribution in [0.2, 0.25) is 10.0 Å². The summed E-state index contributed by atoms with van der Waals surface area (Å²) in [5.41, 5.74) is -0.227. The molecule has 0 unspecified atom stereocenters. The van der Waals surface area contributed by atoms with E-state index in [0.717, 1.165) is 12.1 Å². The molecule has 1 aromatic rings. The highest BCUT2D eigenvalue weighted by Crippen LogP contribution is 2.36. The Labute approximate surface area is 125 Å². The lowest BCUT2D eigenvalue weighted by molar-refractivity contribution is -0.384. The van der Waals surface area contributed by atoms with Crippen LogP contribution < -0.4 is 4.74 Å². The van der Waals surface area contributed by atoms with Crippen molar-refractivity contribution in [2.75, 3.05) is 13.2 Å². The number of nitro benzene ring substituents is 1. The predicted octanol–water partition coefficient (Wildman–Crippen LogP) is 3.40. The smallest absolute Gasteiger partial charge is 0.330 e. The van der Waals surface area contributed by atoms with Gasteiger partial charge in [-0.1, -0.05) is 23.2 Å². The second-order valence-corrected chi connectivity index (χ2v) is 4.28. The van der Waals surface area contributed by atoms with Gasteiger partial charge in [0.25, 0.3) is 5.69 Å². The van der Waals surface area contributed by atoms with Gasteiger partial charge in [-0.15, -0.1) is 0 Å². The normalized spacial score (nSPS) is 10.6. The molecule has 1 aromatic carbocycles. The molecule has 0 spiro atoms. The molecule has 8 heteroatoms. The number of hydrogen-bond donors (Lipinski definition) is 0. The van der Waals surface area contributed by atoms with Gasteiger partial charge in [-0.05, 0) is 13.0 Å². The highest BCUT2D eigenvalue weighted by Gasteiger charge is 2.15. The molecule has 0 N–H and O–H groups in total. The average molecular weight is 320 g/mol. The van der Waals surface area contributed by atoms with Crippen LogP contribution in [-0.4, -0.2) is 24.1 Å². The van der Waals surface area contributed by atoms with Gasteiger partial charge >= 0.3 is 5.97 Å². The van der Waals surface area contributed by atoms with Crippen molar-refractivity contribution in [2.45, 2.75) is 6.92 Å². The number of ether oxygens (including phenoxy) is 2. The number of carbonyl (C=O) groups is 1. The van der Waals surface area contributed by atoms with E-state index in [9.17, 15) is 14.9 Å². The number of benzene rings is 1. The predicted molar refractivity (Wildman–Crippen MR) is 74.4 cm³/mol. The van der Waals surface area contributed by atoms with Crippen LogP contribution in [0.15, 0.2) is 24.3 Å². The first-order chi connectivity index (χ1) is 9.45. The summed E-state index contributed by atoms with van der Waals surface area (Å²) in [4.78, 5) is 21.0. The third kappa shape index (κ3) is 4.71. The summed E-state index contributed by atoms with van der Waals surface area (Å²) >= 11 is 11.7. The molecular formula is C12H11Cl2NO5. The number of non-ortho nitro benzene ring substituents is 1. The Morgan fingerprint density at radius 3 is 2.50 bits per heavy atom. The molecule has 0 aromatic heterocycles. The van der Waals surface area contributed by atoms with Gasteiger partial charge in [0.1, 0.15) is 6.61 Å². The molecule has 0 saturated heterocycles. The maximum atomic E-state index is 11.0. The Morgan fingerprint density at radius 1 is 1.40 bits per heavy atom. The molecule has 108 valence electrons. The summed E-state index contributed by atoms with van der Waals surface area (Å²) < 4.78 is 9.93. The summed E-state index contributed by atoms with van der Waals surface area (Å²) in [6, 6.07) is 2.27. The van der Waals surface area contributed by atoms with Gasteiger partial charge in [0.05, 0.1) is 21.6 Å². The SMILES string of the molecule is CCOC(=O)/C=C/COc1c(Cl)cc([N+](=O)[O-])cc1Cl. The highest BCUT2D eigenvalue weighted by atomic mass is 35.5. The number of esters is 1. The molecule has 20 heavy (non-hydrogen) atoms. The Balaban J connectivity index is 2.69. The average Bonchev–Trinajstić information content (AvgIpc) is 2.36. The topological polar surface area (TPSA) is 78.7 Å². The lowest BCUT2D eigenvalue weighted by Gasteiger charge is -2.07. The maximum absolute atomic E-state index is 11.0. The summed E-state index contributed by atoms with van der Waals surface area (Å²) in [5, 5.41) is 10.6. The van der Waals surface area contributed by atoms with Gasteiger partial charge in [0.15, 0.2) is 5.75 Å². The minimum atomic E-state index is -0.609. The van der Waals surface area contributed by atoms with Gasteiger partial charge in [-0.3, -0.25) is 10.1 Å². The van der Waals surface area contributed by atoms with Crippen molar-refractivity contribution < 1.29 is 19.2 Å². The van der Waals surface area contributed by atoms with Crippen LogP contribution in [0.5, 0.6) is 5.75 Å². The number of nitro groups is 1. The van der Waals surface area contributed by atoms with E-state index in [2.05, 4.69) is 4.74 Å². The molecule has 0 heterocycles. The monoisotopic (exact) mass is 319 g/mol. The molecule has 0 aliphatic rings. The Morgan fingerprint density at radius 2 is 2.00 bits per heavy atom. The van der Waals surface area contributed by atoms with E-state index in [-0.39, 0.29) is 34.7 Å². The molecule has 0 aliphatic carbocycles. The summed E-state index contributed by atoms with van der Waals surface area (Å²) in [6.45, 7) is 2.00. The number of halogens is 2. The third-order valence-electron chi connectivity index (χ3n) is 2.06. The minimum absolute atomic E-state index is 0.0220. The summed E-state index contributed by atoms with van der Waals surface area (Å²) in [7, 11) is 0.